The van der Waals surface area contributed by atoms with E-state index in [1.807, 2.05) is 18.2 Å². The van der Waals surface area contributed by atoms with Crippen LogP contribution in [0.5, 0.6) is 0 Å². The molecule has 0 radical (unpaired) electrons. The van der Waals surface area contributed by atoms with E-state index in [2.05, 4.69) is 21.9 Å². The highest BCUT2D eigenvalue weighted by Gasteiger charge is 2.40. The average molecular weight is 462 g/mol. The van der Waals surface area contributed by atoms with E-state index in [4.69, 9.17) is 0 Å². The van der Waals surface area contributed by atoms with Gasteiger partial charge in [0, 0.05) is 51.9 Å². The minimum atomic E-state index is -3.90. The monoisotopic (exact) mass is 461 g/mol. The van der Waals surface area contributed by atoms with Crippen molar-refractivity contribution in [2.24, 2.45) is 5.92 Å². The molecule has 32 heavy (non-hydrogen) atoms. The zero-order valence-corrected chi connectivity index (χ0v) is 18.6. The lowest BCUT2D eigenvalue weighted by molar-refractivity contribution is -0.138. The Bertz CT molecular complexity index is 1040. The number of aliphatic carboxylic acids is 1. The Labute approximate surface area is 188 Å². The molecule has 2 heterocycles. The smallest absolute Gasteiger partial charge is 0.303 e. The molecule has 2 atom stereocenters. The quantitative estimate of drug-likeness (QED) is 0.680. The van der Waals surface area contributed by atoms with Gasteiger partial charge < -0.3 is 5.11 Å². The molecule has 2 saturated heterocycles. The Kier molecular flexibility index (Phi) is 6.90. The van der Waals surface area contributed by atoms with Crippen LogP contribution in [0.2, 0.25) is 0 Å². The number of rotatable bonds is 7. The zero-order chi connectivity index (χ0) is 22.7. The molecule has 9 heteroatoms. The number of hydrogen-bond donors (Lipinski definition) is 1. The van der Waals surface area contributed by atoms with Gasteiger partial charge in [-0.2, -0.15) is 4.31 Å². The number of piperazine rings is 1. The van der Waals surface area contributed by atoms with E-state index in [1.54, 1.807) is 0 Å². The predicted molar refractivity (Wildman–Crippen MR) is 118 cm³/mol. The van der Waals surface area contributed by atoms with E-state index in [1.165, 1.54) is 28.1 Å². The van der Waals surface area contributed by atoms with Gasteiger partial charge in [-0.25, -0.2) is 12.8 Å². The van der Waals surface area contributed by atoms with Crippen LogP contribution in [0, 0.1) is 11.7 Å². The minimum absolute atomic E-state index is 0.0223. The molecular formula is C23H28FN3O4S. The third-order valence-corrected chi connectivity index (χ3v) is 8.30. The van der Waals surface area contributed by atoms with Gasteiger partial charge in [-0.15, -0.1) is 0 Å². The maximum atomic E-state index is 14.1. The maximum Gasteiger partial charge on any atom is 0.303 e. The normalized spacial score (nSPS) is 23.4. The lowest BCUT2D eigenvalue weighted by atomic mass is 9.98. The first-order valence-electron chi connectivity index (χ1n) is 10.8. The number of carbonyl (C=O) groups is 1. The summed E-state index contributed by atoms with van der Waals surface area (Å²) in [5.41, 5.74) is 1.18. The Morgan fingerprint density at radius 1 is 0.969 bits per heavy atom. The van der Waals surface area contributed by atoms with Crippen molar-refractivity contribution in [2.75, 3.05) is 39.3 Å². The van der Waals surface area contributed by atoms with Crippen molar-refractivity contribution in [3.8, 4) is 0 Å². The fourth-order valence-electron chi connectivity index (χ4n) is 4.82. The maximum absolute atomic E-state index is 14.1. The van der Waals surface area contributed by atoms with Crippen LogP contribution in [-0.4, -0.2) is 78.9 Å². The summed E-state index contributed by atoms with van der Waals surface area (Å²) >= 11 is 0. The number of carboxylic acids is 1. The predicted octanol–water partition coefficient (Wildman–Crippen LogP) is 2.11. The van der Waals surface area contributed by atoms with Crippen molar-refractivity contribution in [3.05, 3.63) is 66.0 Å². The molecule has 2 aromatic rings. The fourth-order valence-corrected chi connectivity index (χ4v) is 6.31. The molecule has 0 aliphatic carbocycles. The number of sulfonamides is 1. The number of halogens is 1. The second kappa shape index (κ2) is 9.66. The molecule has 2 fully saturated rings. The second-order valence-electron chi connectivity index (χ2n) is 8.48. The molecule has 0 unspecified atom stereocenters. The van der Waals surface area contributed by atoms with Gasteiger partial charge in [0.25, 0.3) is 0 Å². The molecule has 2 aromatic carbocycles. The Morgan fingerprint density at radius 2 is 1.62 bits per heavy atom. The molecular weight excluding hydrogens is 433 g/mol. The topological polar surface area (TPSA) is 81.2 Å². The molecule has 0 saturated carbocycles. The van der Waals surface area contributed by atoms with Crippen LogP contribution >= 0.6 is 0 Å². The zero-order valence-electron chi connectivity index (χ0n) is 17.8. The number of nitrogens with zero attached hydrogens (tertiary/aromatic N) is 3. The van der Waals surface area contributed by atoms with Crippen molar-refractivity contribution >= 4 is 16.0 Å². The molecule has 2 aliphatic rings. The van der Waals surface area contributed by atoms with Crippen LogP contribution in [0.15, 0.2) is 59.5 Å². The van der Waals surface area contributed by atoms with Gasteiger partial charge in [0.2, 0.25) is 10.0 Å². The summed E-state index contributed by atoms with van der Waals surface area (Å²) in [7, 11) is -3.90. The summed E-state index contributed by atoms with van der Waals surface area (Å²) < 4.78 is 41.2. The largest absolute Gasteiger partial charge is 0.481 e. The third kappa shape index (κ3) is 5.01. The minimum Gasteiger partial charge on any atom is -0.481 e. The highest BCUT2D eigenvalue weighted by atomic mass is 32.2. The van der Waals surface area contributed by atoms with Gasteiger partial charge in [-0.1, -0.05) is 42.5 Å². The van der Waals surface area contributed by atoms with Crippen molar-refractivity contribution in [1.82, 2.24) is 14.1 Å². The molecule has 0 aromatic heterocycles. The van der Waals surface area contributed by atoms with Gasteiger partial charge in [0.1, 0.15) is 10.7 Å². The third-order valence-electron chi connectivity index (χ3n) is 6.36. The van der Waals surface area contributed by atoms with E-state index in [0.29, 0.717) is 19.6 Å². The SMILES string of the molecule is O=C(O)C[C@@H]1CN(Cc2ccccc2)C[C@@H]1N1CCN(S(=O)(=O)c2ccccc2F)CC1. The summed E-state index contributed by atoms with van der Waals surface area (Å²) in [4.78, 5) is 15.6. The van der Waals surface area contributed by atoms with Crippen molar-refractivity contribution in [2.45, 2.75) is 23.9 Å². The van der Waals surface area contributed by atoms with Crippen LogP contribution in [0.4, 0.5) is 4.39 Å². The molecule has 2 aliphatic heterocycles. The first-order chi connectivity index (χ1) is 15.3. The fraction of sp³-hybridized carbons (Fsp3) is 0.435. The molecule has 4 rings (SSSR count). The first-order valence-corrected chi connectivity index (χ1v) is 12.3. The van der Waals surface area contributed by atoms with Crippen LogP contribution in [0.1, 0.15) is 12.0 Å². The summed E-state index contributed by atoms with van der Waals surface area (Å²) in [6, 6.07) is 15.6. The van der Waals surface area contributed by atoms with Crippen molar-refractivity contribution in [1.29, 1.82) is 0 Å². The molecule has 172 valence electrons. The number of likely N-dealkylation sites (tertiary alicyclic amines) is 1. The summed E-state index contributed by atoms with van der Waals surface area (Å²) in [6.07, 6.45) is 0.0870. The Morgan fingerprint density at radius 3 is 2.28 bits per heavy atom. The number of carboxylic acid groups (broad SMARTS) is 1. The highest BCUT2D eigenvalue weighted by molar-refractivity contribution is 7.89. The van der Waals surface area contributed by atoms with Gasteiger partial charge in [-0.3, -0.25) is 14.6 Å². The highest BCUT2D eigenvalue weighted by Crippen LogP contribution is 2.28. The van der Waals surface area contributed by atoms with Crippen LogP contribution in [0.3, 0.4) is 0 Å². The number of benzene rings is 2. The molecule has 0 spiro atoms. The van der Waals surface area contributed by atoms with Crippen molar-refractivity contribution < 1.29 is 22.7 Å². The van der Waals surface area contributed by atoms with Gasteiger partial charge in [0.15, 0.2) is 0 Å². The lowest BCUT2D eigenvalue weighted by Gasteiger charge is -2.39. The van der Waals surface area contributed by atoms with Crippen molar-refractivity contribution in [3.63, 3.8) is 0 Å². The van der Waals surface area contributed by atoms with E-state index in [9.17, 15) is 22.7 Å². The van der Waals surface area contributed by atoms with Gasteiger partial charge >= 0.3 is 5.97 Å². The lowest BCUT2D eigenvalue weighted by Crippen LogP contribution is -2.54. The average Bonchev–Trinajstić information content (AvgIpc) is 3.16. The summed E-state index contributed by atoms with van der Waals surface area (Å²) in [5.74, 6) is -1.59. The summed E-state index contributed by atoms with van der Waals surface area (Å²) in [6.45, 7) is 3.69. The Hall–Kier alpha value is -2.33. The first kappa shape index (κ1) is 22.8. The molecule has 0 amide bonds. The van der Waals surface area contributed by atoms with Crippen LogP contribution < -0.4 is 0 Å². The molecule has 1 N–H and O–H groups in total. The Balaban J connectivity index is 1.42. The number of hydrogen-bond acceptors (Lipinski definition) is 5. The molecule has 0 bridgehead atoms. The standard InChI is InChI=1S/C23H28FN3O4S/c24-20-8-4-5-9-22(20)32(30,31)27-12-10-26(11-13-27)21-17-25(16-19(21)14-23(28)29)15-18-6-2-1-3-7-18/h1-9,19,21H,10-17H2,(H,28,29)/t19-,21+/m1/s1. The van der Waals surface area contributed by atoms with E-state index in [0.717, 1.165) is 19.2 Å². The van der Waals surface area contributed by atoms with E-state index < -0.39 is 21.8 Å². The van der Waals surface area contributed by atoms with Gasteiger partial charge in [-0.05, 0) is 23.6 Å². The molecule has 7 nitrogen and oxygen atoms in total. The van der Waals surface area contributed by atoms with Crippen LogP contribution in [0.25, 0.3) is 0 Å². The summed E-state index contributed by atoms with van der Waals surface area (Å²) in [5, 5.41) is 9.41. The van der Waals surface area contributed by atoms with Crippen LogP contribution in [-0.2, 0) is 21.4 Å². The second-order valence-corrected chi connectivity index (χ2v) is 10.4. The van der Waals surface area contributed by atoms with E-state index in [-0.39, 0.29) is 36.4 Å². The van der Waals surface area contributed by atoms with Gasteiger partial charge in [0.05, 0.1) is 6.42 Å². The van der Waals surface area contributed by atoms with E-state index >= 15 is 0 Å².